The van der Waals surface area contributed by atoms with Gasteiger partial charge < -0.3 is 9.72 Å². The number of benzene rings is 2. The Morgan fingerprint density at radius 1 is 1.06 bits per heavy atom. The van der Waals surface area contributed by atoms with Crippen molar-refractivity contribution in [3.8, 4) is 0 Å². The lowest BCUT2D eigenvalue weighted by atomic mass is 9.96. The molecule has 0 bridgehead atoms. The average molecular weight is 460 g/mol. The maximum Gasteiger partial charge on any atom is 0.327 e. The normalized spacial score (nSPS) is 15.1. The van der Waals surface area contributed by atoms with Crippen LogP contribution in [0.5, 0.6) is 0 Å². The number of hydrogen-bond donors (Lipinski definition) is 1. The Hall–Kier alpha value is -3.29. The van der Waals surface area contributed by atoms with Crippen molar-refractivity contribution >= 4 is 18.4 Å². The lowest BCUT2D eigenvalue weighted by molar-refractivity contribution is 0.0342. The molecule has 7 nitrogen and oxygen atoms in total. The minimum absolute atomic E-state index is 0.186. The molecular formula is C27H33N5O2. The maximum absolute atomic E-state index is 12.7. The van der Waals surface area contributed by atoms with Gasteiger partial charge in [-0.15, -0.1) is 0 Å². The number of H-pyrrole nitrogens is 1. The Morgan fingerprint density at radius 2 is 1.71 bits per heavy atom. The Labute approximate surface area is 200 Å². The number of ether oxygens (including phenoxy) is 1. The number of imidazole rings is 1. The number of aliphatic imine (C=N–C) groups is 2. The fourth-order valence-corrected chi connectivity index (χ4v) is 4.31. The summed E-state index contributed by atoms with van der Waals surface area (Å²) in [5.41, 5.74) is 4.89. The topological polar surface area (TPSA) is 75.0 Å². The standard InChI is InChI=1S/C27H33N5O2/c1-19(2)23-7-5-6-8-24(23)25(28-4)30-26-20(3)29-27(33)32(26)18-22-11-9-21(10-12-22)17-31-13-15-34-16-14-31/h5-12,19H,4,13-18H2,1-3H3,(H,29,33)/b30-25-. The second kappa shape index (κ2) is 10.8. The van der Waals surface area contributed by atoms with Crippen LogP contribution in [0.2, 0.25) is 0 Å². The zero-order valence-electron chi connectivity index (χ0n) is 20.3. The summed E-state index contributed by atoms with van der Waals surface area (Å²) in [5.74, 6) is 1.40. The van der Waals surface area contributed by atoms with E-state index in [1.165, 1.54) is 5.56 Å². The number of aryl methyl sites for hydroxylation is 1. The molecule has 7 heteroatoms. The molecule has 1 aliphatic rings. The van der Waals surface area contributed by atoms with Gasteiger partial charge in [0.15, 0.2) is 11.7 Å². The van der Waals surface area contributed by atoms with Gasteiger partial charge in [-0.1, -0.05) is 62.4 Å². The number of nitrogens with zero attached hydrogens (tertiary/aromatic N) is 4. The van der Waals surface area contributed by atoms with E-state index in [9.17, 15) is 4.79 Å². The number of rotatable bonds is 7. The molecule has 0 aliphatic carbocycles. The lowest BCUT2D eigenvalue weighted by Crippen LogP contribution is -2.35. The Morgan fingerprint density at radius 3 is 2.35 bits per heavy atom. The average Bonchev–Trinajstić information content (AvgIpc) is 3.11. The van der Waals surface area contributed by atoms with Gasteiger partial charge in [0.25, 0.3) is 0 Å². The molecule has 1 aromatic heterocycles. The number of amidine groups is 1. The molecule has 2 heterocycles. The molecule has 0 radical (unpaired) electrons. The van der Waals surface area contributed by atoms with Gasteiger partial charge in [0, 0.05) is 25.2 Å². The molecule has 1 fully saturated rings. The summed E-state index contributed by atoms with van der Waals surface area (Å²) in [6, 6.07) is 16.5. The van der Waals surface area contributed by atoms with Crippen molar-refractivity contribution in [3.05, 3.63) is 87.0 Å². The van der Waals surface area contributed by atoms with Gasteiger partial charge in [0.2, 0.25) is 0 Å². The van der Waals surface area contributed by atoms with E-state index in [-0.39, 0.29) is 5.69 Å². The van der Waals surface area contributed by atoms with Gasteiger partial charge in [0.05, 0.1) is 25.5 Å². The van der Waals surface area contributed by atoms with Crippen molar-refractivity contribution < 1.29 is 4.74 Å². The molecule has 34 heavy (non-hydrogen) atoms. The highest BCUT2D eigenvalue weighted by Crippen LogP contribution is 2.24. The molecule has 0 spiro atoms. The Bertz CT molecular complexity index is 1210. The fourth-order valence-electron chi connectivity index (χ4n) is 4.31. The molecule has 1 aliphatic heterocycles. The third-order valence-electron chi connectivity index (χ3n) is 6.19. The van der Waals surface area contributed by atoms with Crippen LogP contribution in [0.3, 0.4) is 0 Å². The van der Waals surface area contributed by atoms with Crippen LogP contribution in [0.25, 0.3) is 0 Å². The van der Waals surface area contributed by atoms with Crippen LogP contribution >= 0.6 is 0 Å². The lowest BCUT2D eigenvalue weighted by Gasteiger charge is -2.26. The van der Waals surface area contributed by atoms with Crippen molar-refractivity contribution in [2.45, 2.75) is 39.8 Å². The Kier molecular flexibility index (Phi) is 7.55. The summed E-state index contributed by atoms with van der Waals surface area (Å²) in [5, 5.41) is 0. The first-order valence-electron chi connectivity index (χ1n) is 11.8. The van der Waals surface area contributed by atoms with Crippen LogP contribution in [0.1, 0.15) is 47.7 Å². The third kappa shape index (κ3) is 5.43. The summed E-state index contributed by atoms with van der Waals surface area (Å²) in [6.45, 7) is 14.7. The van der Waals surface area contributed by atoms with Gasteiger partial charge >= 0.3 is 5.69 Å². The number of morpholine rings is 1. The van der Waals surface area contributed by atoms with Gasteiger partial charge in [-0.05, 0) is 36.2 Å². The van der Waals surface area contributed by atoms with Gasteiger partial charge in [-0.25, -0.2) is 14.8 Å². The molecule has 1 N–H and O–H groups in total. The van der Waals surface area contributed by atoms with E-state index in [4.69, 9.17) is 9.73 Å². The third-order valence-corrected chi connectivity index (χ3v) is 6.19. The molecule has 1 saturated heterocycles. The SMILES string of the molecule is C=N/C(=N\c1c(C)[nH]c(=O)n1Cc1ccc(CN2CCOCC2)cc1)c1ccccc1C(C)C. The van der Waals surface area contributed by atoms with Crippen LogP contribution in [0.4, 0.5) is 5.82 Å². The van der Waals surface area contributed by atoms with Crippen LogP contribution in [-0.4, -0.2) is 53.3 Å². The smallest absolute Gasteiger partial charge is 0.327 e. The fraction of sp³-hybridized carbons (Fsp3) is 0.370. The second-order valence-electron chi connectivity index (χ2n) is 9.01. The molecule has 0 unspecified atom stereocenters. The number of aromatic amines is 1. The van der Waals surface area contributed by atoms with Crippen molar-refractivity contribution in [3.63, 3.8) is 0 Å². The number of hydrogen-bond acceptors (Lipinski definition) is 4. The van der Waals surface area contributed by atoms with Crippen LogP contribution < -0.4 is 5.69 Å². The van der Waals surface area contributed by atoms with Gasteiger partial charge in [-0.3, -0.25) is 9.47 Å². The first kappa shape index (κ1) is 23.9. The van der Waals surface area contributed by atoms with Crippen LogP contribution in [0.15, 0.2) is 63.3 Å². The highest BCUT2D eigenvalue weighted by atomic mass is 16.5. The summed E-state index contributed by atoms with van der Waals surface area (Å²) in [7, 11) is 0. The van der Waals surface area contributed by atoms with E-state index in [0.29, 0.717) is 29.8 Å². The number of aromatic nitrogens is 2. The van der Waals surface area contributed by atoms with E-state index < -0.39 is 0 Å². The predicted molar refractivity (Wildman–Crippen MR) is 138 cm³/mol. The minimum Gasteiger partial charge on any atom is -0.379 e. The monoisotopic (exact) mass is 459 g/mol. The molecule has 178 valence electrons. The van der Waals surface area contributed by atoms with E-state index in [1.54, 1.807) is 4.57 Å². The second-order valence-corrected chi connectivity index (χ2v) is 9.01. The largest absolute Gasteiger partial charge is 0.379 e. The number of nitrogens with one attached hydrogen (secondary N) is 1. The van der Waals surface area contributed by atoms with Gasteiger partial charge in [-0.2, -0.15) is 0 Å². The van der Waals surface area contributed by atoms with Crippen molar-refractivity contribution in [1.29, 1.82) is 0 Å². The maximum atomic E-state index is 12.7. The molecular weight excluding hydrogens is 426 g/mol. The molecule has 3 aromatic rings. The van der Waals surface area contributed by atoms with E-state index in [0.717, 1.165) is 49.5 Å². The first-order valence-corrected chi connectivity index (χ1v) is 11.8. The summed E-state index contributed by atoms with van der Waals surface area (Å²) in [6.07, 6.45) is 0. The van der Waals surface area contributed by atoms with Crippen LogP contribution in [-0.2, 0) is 17.8 Å². The molecule has 0 atom stereocenters. The van der Waals surface area contributed by atoms with E-state index >= 15 is 0 Å². The Balaban J connectivity index is 1.60. The van der Waals surface area contributed by atoms with Crippen molar-refractivity contribution in [2.75, 3.05) is 26.3 Å². The summed E-state index contributed by atoms with van der Waals surface area (Å²) in [4.78, 5) is 27.1. The highest BCUT2D eigenvalue weighted by Gasteiger charge is 2.16. The van der Waals surface area contributed by atoms with Crippen LogP contribution in [0, 0.1) is 6.92 Å². The van der Waals surface area contributed by atoms with E-state index in [2.05, 4.69) is 65.8 Å². The molecule has 0 saturated carbocycles. The zero-order chi connectivity index (χ0) is 24.1. The van der Waals surface area contributed by atoms with E-state index in [1.807, 2.05) is 25.1 Å². The minimum atomic E-state index is -0.186. The summed E-state index contributed by atoms with van der Waals surface area (Å²) < 4.78 is 7.09. The zero-order valence-corrected chi connectivity index (χ0v) is 20.3. The van der Waals surface area contributed by atoms with Crippen molar-refractivity contribution in [1.82, 2.24) is 14.5 Å². The summed E-state index contributed by atoms with van der Waals surface area (Å²) >= 11 is 0. The quantitative estimate of drug-likeness (QED) is 0.424. The molecule has 2 aromatic carbocycles. The molecule has 4 rings (SSSR count). The van der Waals surface area contributed by atoms with Gasteiger partial charge in [0.1, 0.15) is 0 Å². The van der Waals surface area contributed by atoms with Crippen molar-refractivity contribution in [2.24, 2.45) is 9.98 Å². The predicted octanol–water partition coefficient (Wildman–Crippen LogP) is 4.27. The molecule has 0 amide bonds. The first-order chi connectivity index (χ1) is 16.5. The highest BCUT2D eigenvalue weighted by molar-refractivity contribution is 6.04.